The first-order valence-corrected chi connectivity index (χ1v) is 7.12. The lowest BCUT2D eigenvalue weighted by Gasteiger charge is -2.11. The molecule has 1 heterocycles. The van der Waals surface area contributed by atoms with E-state index in [9.17, 15) is 4.79 Å². The molecule has 2 aromatic carbocycles. The maximum Gasteiger partial charge on any atom is 0.228 e. The van der Waals surface area contributed by atoms with E-state index in [0.29, 0.717) is 22.0 Å². The number of fused-ring (bicyclic) bond motifs is 1. The van der Waals surface area contributed by atoms with E-state index < -0.39 is 0 Å². The molecule has 0 aliphatic carbocycles. The summed E-state index contributed by atoms with van der Waals surface area (Å²) in [5.41, 5.74) is 4.04. The van der Waals surface area contributed by atoms with Gasteiger partial charge in [0.15, 0.2) is 0 Å². The first-order chi connectivity index (χ1) is 10.1. The van der Waals surface area contributed by atoms with Crippen molar-refractivity contribution in [3.63, 3.8) is 0 Å². The second-order valence-electron chi connectivity index (χ2n) is 4.83. The fourth-order valence-corrected chi connectivity index (χ4v) is 3.12. The Morgan fingerprint density at radius 1 is 1.24 bits per heavy atom. The molecule has 3 rings (SSSR count). The smallest absolute Gasteiger partial charge is 0.228 e. The van der Waals surface area contributed by atoms with Crippen LogP contribution in [0.4, 0.5) is 5.69 Å². The lowest BCUT2D eigenvalue weighted by Crippen LogP contribution is -2.03. The summed E-state index contributed by atoms with van der Waals surface area (Å²) in [6.07, 6.45) is 0.588. The highest BCUT2D eigenvalue weighted by Crippen LogP contribution is 2.39. The van der Waals surface area contributed by atoms with Crippen molar-refractivity contribution in [2.24, 2.45) is 0 Å². The Morgan fingerprint density at radius 2 is 2.05 bits per heavy atom. The minimum atomic E-state index is -0.0161. The Balaban J connectivity index is 2.13. The van der Waals surface area contributed by atoms with Gasteiger partial charge < -0.3 is 5.32 Å². The van der Waals surface area contributed by atoms with E-state index in [0.717, 1.165) is 22.4 Å². The molecule has 0 saturated heterocycles. The maximum absolute atomic E-state index is 11.4. The van der Waals surface area contributed by atoms with Gasteiger partial charge >= 0.3 is 0 Å². The molecule has 0 fully saturated rings. The molecule has 1 aliphatic heterocycles. The Kier molecular flexibility index (Phi) is 3.59. The summed E-state index contributed by atoms with van der Waals surface area (Å²) < 4.78 is 0. The van der Waals surface area contributed by atoms with Gasteiger partial charge in [-0.25, -0.2) is 0 Å². The third-order valence-electron chi connectivity index (χ3n) is 3.46. The van der Waals surface area contributed by atoms with Crippen LogP contribution in [-0.2, 0) is 17.6 Å². The van der Waals surface area contributed by atoms with Crippen molar-refractivity contribution in [2.45, 2.75) is 12.8 Å². The van der Waals surface area contributed by atoms with Crippen LogP contribution in [0, 0.1) is 11.3 Å². The number of nitrogens with zero attached hydrogens (tertiary/aromatic N) is 1. The number of hydrogen-bond donors (Lipinski definition) is 1. The third kappa shape index (κ3) is 2.49. The van der Waals surface area contributed by atoms with Gasteiger partial charge in [-0.15, -0.1) is 0 Å². The van der Waals surface area contributed by atoms with Gasteiger partial charge in [0.2, 0.25) is 5.91 Å². The van der Waals surface area contributed by atoms with E-state index in [1.54, 1.807) is 12.1 Å². The summed E-state index contributed by atoms with van der Waals surface area (Å²) in [4.78, 5) is 11.4. The number of nitriles is 1. The monoisotopic (exact) mass is 316 g/mol. The van der Waals surface area contributed by atoms with Crippen LogP contribution in [0.5, 0.6) is 0 Å². The summed E-state index contributed by atoms with van der Waals surface area (Å²) in [6.45, 7) is 0. The number of carbonyl (C=O) groups is 1. The maximum atomic E-state index is 11.4. The first kappa shape index (κ1) is 13.9. The summed E-state index contributed by atoms with van der Waals surface area (Å²) >= 11 is 12.7. The fourth-order valence-electron chi connectivity index (χ4n) is 2.47. The van der Waals surface area contributed by atoms with Gasteiger partial charge in [0.25, 0.3) is 0 Å². The highest BCUT2D eigenvalue weighted by atomic mass is 35.5. The van der Waals surface area contributed by atoms with Crippen LogP contribution in [0.15, 0.2) is 30.3 Å². The summed E-state index contributed by atoms with van der Waals surface area (Å²) in [6, 6.07) is 11.2. The van der Waals surface area contributed by atoms with Crippen LogP contribution < -0.4 is 5.32 Å². The lowest BCUT2D eigenvalue weighted by atomic mass is 9.99. The largest absolute Gasteiger partial charge is 0.326 e. The van der Waals surface area contributed by atoms with Crippen LogP contribution in [-0.4, -0.2) is 5.91 Å². The van der Waals surface area contributed by atoms with Crippen LogP contribution in [0.25, 0.3) is 11.1 Å². The summed E-state index contributed by atoms with van der Waals surface area (Å²) in [7, 11) is 0. The number of halogens is 2. The minimum Gasteiger partial charge on any atom is -0.326 e. The molecule has 5 heteroatoms. The van der Waals surface area contributed by atoms with Crippen molar-refractivity contribution >= 4 is 34.8 Å². The second kappa shape index (κ2) is 5.40. The second-order valence-corrected chi connectivity index (χ2v) is 5.61. The van der Waals surface area contributed by atoms with E-state index in [2.05, 4.69) is 11.4 Å². The summed E-state index contributed by atoms with van der Waals surface area (Å²) in [5, 5.41) is 12.6. The van der Waals surface area contributed by atoms with Crippen molar-refractivity contribution in [3.8, 4) is 17.2 Å². The van der Waals surface area contributed by atoms with Crippen LogP contribution in [0.1, 0.15) is 11.1 Å². The molecule has 0 unspecified atom stereocenters. The van der Waals surface area contributed by atoms with Gasteiger partial charge in [-0.05, 0) is 34.9 Å². The van der Waals surface area contributed by atoms with Crippen molar-refractivity contribution in [2.75, 3.05) is 5.32 Å². The standard InChI is InChI=1S/C16H10Cl2N2O/c17-12-3-1-9(5-6-19)16(18)15(12)10-2-4-13-11(7-10)8-14(21)20-13/h1-4,7H,5,8H2,(H,20,21). The van der Waals surface area contributed by atoms with E-state index in [1.807, 2.05) is 18.2 Å². The van der Waals surface area contributed by atoms with Gasteiger partial charge in [-0.1, -0.05) is 35.3 Å². The van der Waals surface area contributed by atoms with Gasteiger partial charge in [0.1, 0.15) is 0 Å². The number of amides is 1. The van der Waals surface area contributed by atoms with Gasteiger partial charge in [0.05, 0.1) is 23.9 Å². The molecular formula is C16H10Cl2N2O. The molecule has 104 valence electrons. The van der Waals surface area contributed by atoms with Crippen molar-refractivity contribution in [1.29, 1.82) is 5.26 Å². The minimum absolute atomic E-state index is 0.0161. The highest BCUT2D eigenvalue weighted by Gasteiger charge is 2.20. The van der Waals surface area contributed by atoms with E-state index in [-0.39, 0.29) is 12.3 Å². The van der Waals surface area contributed by atoms with Gasteiger partial charge in [-0.3, -0.25) is 4.79 Å². The Hall–Kier alpha value is -2.02. The molecule has 0 spiro atoms. The predicted molar refractivity (Wildman–Crippen MR) is 83.5 cm³/mol. The Labute approximate surface area is 132 Å². The van der Waals surface area contributed by atoms with Crippen LogP contribution >= 0.6 is 23.2 Å². The molecule has 0 radical (unpaired) electrons. The molecule has 0 saturated carbocycles. The third-order valence-corrected chi connectivity index (χ3v) is 4.21. The number of nitrogens with one attached hydrogen (secondary N) is 1. The molecule has 0 bridgehead atoms. The Morgan fingerprint density at radius 3 is 2.81 bits per heavy atom. The van der Waals surface area contributed by atoms with E-state index >= 15 is 0 Å². The zero-order valence-corrected chi connectivity index (χ0v) is 12.4. The lowest BCUT2D eigenvalue weighted by molar-refractivity contribution is -0.115. The quantitative estimate of drug-likeness (QED) is 0.901. The number of anilines is 1. The van der Waals surface area contributed by atoms with Crippen molar-refractivity contribution < 1.29 is 4.79 Å². The molecule has 3 nitrogen and oxygen atoms in total. The fraction of sp³-hybridized carbons (Fsp3) is 0.125. The van der Waals surface area contributed by atoms with Crippen LogP contribution in [0.2, 0.25) is 10.0 Å². The predicted octanol–water partition coefficient (Wildman–Crippen LogP) is 4.22. The van der Waals surface area contributed by atoms with Gasteiger partial charge in [-0.2, -0.15) is 5.26 Å². The molecule has 1 N–H and O–H groups in total. The molecule has 0 aromatic heterocycles. The Bertz CT molecular complexity index is 794. The van der Waals surface area contributed by atoms with E-state index in [4.69, 9.17) is 28.5 Å². The highest BCUT2D eigenvalue weighted by molar-refractivity contribution is 6.39. The molecule has 21 heavy (non-hydrogen) atoms. The zero-order valence-electron chi connectivity index (χ0n) is 10.9. The number of hydrogen-bond acceptors (Lipinski definition) is 2. The average molecular weight is 317 g/mol. The van der Waals surface area contributed by atoms with E-state index in [1.165, 1.54) is 0 Å². The SMILES string of the molecule is N#CCc1ccc(Cl)c(-c2ccc3c(c2)CC(=O)N3)c1Cl. The topological polar surface area (TPSA) is 52.9 Å². The van der Waals surface area contributed by atoms with Crippen molar-refractivity contribution in [3.05, 3.63) is 51.5 Å². The molecule has 0 atom stereocenters. The molecule has 1 aliphatic rings. The number of rotatable bonds is 2. The molecule has 1 amide bonds. The van der Waals surface area contributed by atoms with Gasteiger partial charge in [0, 0.05) is 16.3 Å². The zero-order chi connectivity index (χ0) is 15.0. The average Bonchev–Trinajstić information content (AvgIpc) is 2.81. The summed E-state index contributed by atoms with van der Waals surface area (Å²) in [5.74, 6) is -0.0161. The molecule has 2 aromatic rings. The first-order valence-electron chi connectivity index (χ1n) is 6.37. The van der Waals surface area contributed by atoms with Crippen molar-refractivity contribution in [1.82, 2.24) is 0 Å². The molecular weight excluding hydrogens is 307 g/mol. The van der Waals surface area contributed by atoms with Crippen LogP contribution in [0.3, 0.4) is 0 Å². The normalized spacial score (nSPS) is 12.7. The number of benzene rings is 2. The number of carbonyl (C=O) groups excluding carboxylic acids is 1.